The molecule has 0 atom stereocenters. The number of hydrogen-bond acceptors (Lipinski definition) is 0. The predicted molar refractivity (Wildman–Crippen MR) is 124 cm³/mol. The van der Waals surface area contributed by atoms with Gasteiger partial charge in [-0.1, -0.05) is 114 Å². The zero-order valence-electron chi connectivity index (χ0n) is 17.5. The molecule has 0 heteroatoms. The summed E-state index contributed by atoms with van der Waals surface area (Å²) in [7, 11) is 0. The lowest BCUT2D eigenvalue weighted by molar-refractivity contribution is 0.971. The van der Waals surface area contributed by atoms with Crippen molar-refractivity contribution in [2.75, 3.05) is 0 Å². The van der Waals surface area contributed by atoms with E-state index in [1.54, 1.807) is 0 Å². The SMILES string of the molecule is Cc1ccc(Cc2ccc(C(c3ccc(C)cc3)c3ccc(C)cc3)cc2)cc1. The molecule has 0 bridgehead atoms. The standard InChI is InChI=1S/C29H28/c1-21-4-10-24(11-5-21)20-25-12-18-28(19-13-25)29(26-14-6-22(2)7-15-26)27-16-8-23(3)9-17-27/h4-19,29H,20H2,1-3H3. The maximum atomic E-state index is 2.30. The van der Waals surface area contributed by atoms with Crippen molar-refractivity contribution in [1.82, 2.24) is 0 Å². The molecule has 0 saturated heterocycles. The van der Waals surface area contributed by atoms with Gasteiger partial charge >= 0.3 is 0 Å². The van der Waals surface area contributed by atoms with Gasteiger partial charge in [0.15, 0.2) is 0 Å². The van der Waals surface area contributed by atoms with Gasteiger partial charge in [-0.25, -0.2) is 0 Å². The summed E-state index contributed by atoms with van der Waals surface area (Å²) in [5.41, 5.74) is 10.6. The normalized spacial score (nSPS) is 11.0. The molecule has 0 aromatic heterocycles. The van der Waals surface area contributed by atoms with Crippen molar-refractivity contribution in [2.24, 2.45) is 0 Å². The fraction of sp³-hybridized carbons (Fsp3) is 0.172. The monoisotopic (exact) mass is 376 g/mol. The largest absolute Gasteiger partial charge is 0.0590 e. The van der Waals surface area contributed by atoms with E-state index in [0.29, 0.717) is 0 Å². The van der Waals surface area contributed by atoms with Crippen LogP contribution in [-0.2, 0) is 6.42 Å². The second kappa shape index (κ2) is 8.49. The zero-order valence-corrected chi connectivity index (χ0v) is 17.5. The van der Waals surface area contributed by atoms with Gasteiger partial charge in [-0.05, 0) is 55.0 Å². The molecule has 144 valence electrons. The summed E-state index contributed by atoms with van der Waals surface area (Å²) in [6.45, 7) is 6.42. The van der Waals surface area contributed by atoms with Crippen LogP contribution in [-0.4, -0.2) is 0 Å². The molecule has 0 aliphatic rings. The highest BCUT2D eigenvalue weighted by atomic mass is 14.2. The Kier molecular flexibility index (Phi) is 5.62. The summed E-state index contributed by atoms with van der Waals surface area (Å²) >= 11 is 0. The second-order valence-corrected chi connectivity index (χ2v) is 8.16. The van der Waals surface area contributed by atoms with Gasteiger partial charge in [0.1, 0.15) is 0 Å². The quantitative estimate of drug-likeness (QED) is 0.319. The predicted octanol–water partition coefficient (Wildman–Crippen LogP) is 7.38. The summed E-state index contributed by atoms with van der Waals surface area (Å²) in [4.78, 5) is 0. The Morgan fingerprint density at radius 1 is 0.414 bits per heavy atom. The van der Waals surface area contributed by atoms with E-state index < -0.39 is 0 Å². The van der Waals surface area contributed by atoms with Gasteiger partial charge in [0, 0.05) is 5.92 Å². The molecule has 0 nitrogen and oxygen atoms in total. The minimum Gasteiger partial charge on any atom is -0.0590 e. The summed E-state index contributed by atoms with van der Waals surface area (Å²) in [5, 5.41) is 0. The van der Waals surface area contributed by atoms with Crippen molar-refractivity contribution < 1.29 is 0 Å². The first-order valence-electron chi connectivity index (χ1n) is 10.4. The minimum atomic E-state index is 0.254. The van der Waals surface area contributed by atoms with Crippen LogP contribution in [0.4, 0.5) is 0 Å². The van der Waals surface area contributed by atoms with Gasteiger partial charge in [-0.3, -0.25) is 0 Å². The molecule has 0 heterocycles. The maximum Gasteiger partial charge on any atom is 0.0339 e. The molecule has 4 aromatic carbocycles. The van der Waals surface area contributed by atoms with Crippen LogP contribution in [0.1, 0.15) is 50.4 Å². The van der Waals surface area contributed by atoms with Gasteiger partial charge in [-0.15, -0.1) is 0 Å². The maximum absolute atomic E-state index is 2.30. The third kappa shape index (κ3) is 4.66. The van der Waals surface area contributed by atoms with E-state index in [2.05, 4.69) is 118 Å². The molecule has 0 spiro atoms. The Bertz CT molecular complexity index is 1010. The third-order valence-electron chi connectivity index (χ3n) is 5.66. The van der Waals surface area contributed by atoms with Crippen LogP contribution in [0.3, 0.4) is 0 Å². The van der Waals surface area contributed by atoms with Crippen molar-refractivity contribution >= 4 is 0 Å². The Morgan fingerprint density at radius 3 is 1.07 bits per heavy atom. The lowest BCUT2D eigenvalue weighted by Gasteiger charge is -2.20. The van der Waals surface area contributed by atoms with Gasteiger partial charge in [0.2, 0.25) is 0 Å². The van der Waals surface area contributed by atoms with Crippen molar-refractivity contribution in [3.8, 4) is 0 Å². The lowest BCUT2D eigenvalue weighted by atomic mass is 9.84. The highest BCUT2D eigenvalue weighted by molar-refractivity contribution is 5.45. The molecule has 0 unspecified atom stereocenters. The van der Waals surface area contributed by atoms with Crippen LogP contribution < -0.4 is 0 Å². The van der Waals surface area contributed by atoms with Crippen LogP contribution >= 0.6 is 0 Å². The fourth-order valence-corrected chi connectivity index (χ4v) is 3.86. The summed E-state index contributed by atoms with van der Waals surface area (Å²) in [6.07, 6.45) is 0.973. The number of aryl methyl sites for hydroxylation is 3. The van der Waals surface area contributed by atoms with Crippen molar-refractivity contribution in [1.29, 1.82) is 0 Å². The first kappa shape index (κ1) is 19.2. The third-order valence-corrected chi connectivity index (χ3v) is 5.66. The van der Waals surface area contributed by atoms with E-state index in [9.17, 15) is 0 Å². The van der Waals surface area contributed by atoms with Gasteiger partial charge < -0.3 is 0 Å². The van der Waals surface area contributed by atoms with E-state index in [1.165, 1.54) is 44.5 Å². The molecule has 29 heavy (non-hydrogen) atoms. The van der Waals surface area contributed by atoms with E-state index >= 15 is 0 Å². The van der Waals surface area contributed by atoms with Crippen molar-refractivity contribution in [3.63, 3.8) is 0 Å². The van der Waals surface area contributed by atoms with E-state index in [0.717, 1.165) is 6.42 Å². The second-order valence-electron chi connectivity index (χ2n) is 8.16. The smallest absolute Gasteiger partial charge is 0.0339 e. The average molecular weight is 377 g/mol. The van der Waals surface area contributed by atoms with E-state index in [1.807, 2.05) is 0 Å². The number of hydrogen-bond donors (Lipinski definition) is 0. The molecular formula is C29H28. The van der Waals surface area contributed by atoms with Crippen LogP contribution in [0.15, 0.2) is 97.1 Å². The Labute approximate surface area is 174 Å². The molecule has 0 N–H and O–H groups in total. The minimum absolute atomic E-state index is 0.254. The highest BCUT2D eigenvalue weighted by Crippen LogP contribution is 2.32. The van der Waals surface area contributed by atoms with Gasteiger partial charge in [-0.2, -0.15) is 0 Å². The summed E-state index contributed by atoms with van der Waals surface area (Å²) in [6, 6.07) is 35.9. The first-order chi connectivity index (χ1) is 14.1. The molecule has 0 radical (unpaired) electrons. The first-order valence-corrected chi connectivity index (χ1v) is 10.4. The molecule has 4 aromatic rings. The van der Waals surface area contributed by atoms with E-state index in [4.69, 9.17) is 0 Å². The molecule has 4 rings (SSSR count). The Hall–Kier alpha value is -3.12. The lowest BCUT2D eigenvalue weighted by Crippen LogP contribution is -2.04. The topological polar surface area (TPSA) is 0 Å². The zero-order chi connectivity index (χ0) is 20.2. The van der Waals surface area contributed by atoms with Crippen LogP contribution in [0.2, 0.25) is 0 Å². The molecule has 0 aliphatic heterocycles. The summed E-state index contributed by atoms with van der Waals surface area (Å²) in [5.74, 6) is 0.254. The van der Waals surface area contributed by atoms with Crippen LogP contribution in [0, 0.1) is 20.8 Å². The number of rotatable bonds is 5. The fourth-order valence-electron chi connectivity index (χ4n) is 3.86. The van der Waals surface area contributed by atoms with Gasteiger partial charge in [0.25, 0.3) is 0 Å². The Balaban J connectivity index is 1.66. The average Bonchev–Trinajstić information content (AvgIpc) is 2.74. The van der Waals surface area contributed by atoms with Crippen LogP contribution in [0.25, 0.3) is 0 Å². The summed E-state index contributed by atoms with van der Waals surface area (Å²) < 4.78 is 0. The van der Waals surface area contributed by atoms with Crippen LogP contribution in [0.5, 0.6) is 0 Å². The highest BCUT2D eigenvalue weighted by Gasteiger charge is 2.16. The molecule has 0 fully saturated rings. The molecular weight excluding hydrogens is 348 g/mol. The number of benzene rings is 4. The van der Waals surface area contributed by atoms with Crippen molar-refractivity contribution in [3.05, 3.63) is 142 Å². The Morgan fingerprint density at radius 2 is 0.690 bits per heavy atom. The van der Waals surface area contributed by atoms with Crippen molar-refractivity contribution in [2.45, 2.75) is 33.1 Å². The van der Waals surface area contributed by atoms with E-state index in [-0.39, 0.29) is 5.92 Å². The van der Waals surface area contributed by atoms with Gasteiger partial charge in [0.05, 0.1) is 0 Å². The molecule has 0 saturated carbocycles. The molecule has 0 amide bonds. The molecule has 0 aliphatic carbocycles.